The predicted molar refractivity (Wildman–Crippen MR) is 100 cm³/mol. The molecule has 0 aliphatic carbocycles. The maximum atomic E-state index is 12.6. The molecule has 2 heterocycles. The molecule has 5 nitrogen and oxygen atoms in total. The molecular formula is C19H21N3O2S. The number of carbonyl (C=O) groups excluding carboxylic acids is 1. The number of amides is 1. The van der Waals surface area contributed by atoms with Gasteiger partial charge in [0.1, 0.15) is 5.69 Å². The maximum absolute atomic E-state index is 12.6. The van der Waals surface area contributed by atoms with Crippen LogP contribution in [0.15, 0.2) is 54.0 Å². The Labute approximate surface area is 151 Å². The maximum Gasteiger partial charge on any atom is 0.274 e. The highest BCUT2D eigenvalue weighted by atomic mass is 32.1. The summed E-state index contributed by atoms with van der Waals surface area (Å²) in [4.78, 5) is 17.0. The number of anilines is 1. The van der Waals surface area contributed by atoms with Crippen LogP contribution in [0.1, 0.15) is 34.7 Å². The third-order valence-electron chi connectivity index (χ3n) is 3.92. The molecule has 130 valence electrons. The number of hydrogen-bond donors (Lipinski definition) is 1. The molecule has 1 amide bonds. The monoisotopic (exact) mass is 355 g/mol. The first-order valence-corrected chi connectivity index (χ1v) is 9.01. The van der Waals surface area contributed by atoms with Crippen LogP contribution in [0.4, 0.5) is 5.13 Å². The van der Waals surface area contributed by atoms with E-state index in [1.54, 1.807) is 7.11 Å². The normalized spacial score (nSPS) is 12.1. The van der Waals surface area contributed by atoms with Gasteiger partial charge in [-0.25, -0.2) is 4.98 Å². The zero-order chi connectivity index (χ0) is 17.6. The molecule has 0 saturated carbocycles. The van der Waals surface area contributed by atoms with Gasteiger partial charge in [0.2, 0.25) is 0 Å². The van der Waals surface area contributed by atoms with E-state index in [-0.39, 0.29) is 11.9 Å². The molecule has 25 heavy (non-hydrogen) atoms. The highest BCUT2D eigenvalue weighted by molar-refractivity contribution is 7.13. The Morgan fingerprint density at radius 1 is 1.28 bits per heavy atom. The second-order valence-electron chi connectivity index (χ2n) is 5.87. The summed E-state index contributed by atoms with van der Waals surface area (Å²) in [5.74, 6) is -0.150. The highest BCUT2D eigenvalue weighted by Gasteiger charge is 2.16. The Hall–Kier alpha value is -2.44. The highest BCUT2D eigenvalue weighted by Crippen LogP contribution is 2.20. The molecule has 0 radical (unpaired) electrons. The topological polar surface area (TPSA) is 56.1 Å². The van der Waals surface area contributed by atoms with E-state index in [9.17, 15) is 4.79 Å². The van der Waals surface area contributed by atoms with E-state index in [0.29, 0.717) is 17.4 Å². The van der Waals surface area contributed by atoms with Gasteiger partial charge in [0, 0.05) is 24.7 Å². The first kappa shape index (κ1) is 17.4. The van der Waals surface area contributed by atoms with E-state index in [4.69, 9.17) is 4.74 Å². The largest absolute Gasteiger partial charge is 0.378 e. The van der Waals surface area contributed by atoms with E-state index in [0.717, 1.165) is 12.1 Å². The van der Waals surface area contributed by atoms with E-state index in [1.807, 2.05) is 46.5 Å². The molecule has 0 aliphatic rings. The molecule has 1 unspecified atom stereocenters. The fraction of sp³-hybridized carbons (Fsp3) is 0.263. The third-order valence-corrected chi connectivity index (χ3v) is 4.73. The van der Waals surface area contributed by atoms with Crippen molar-refractivity contribution in [2.45, 2.75) is 26.0 Å². The van der Waals surface area contributed by atoms with Crippen LogP contribution in [0.25, 0.3) is 0 Å². The summed E-state index contributed by atoms with van der Waals surface area (Å²) in [5.41, 5.74) is 2.70. The predicted octanol–water partition coefficient (Wildman–Crippen LogP) is 4.15. The second-order valence-corrected chi connectivity index (χ2v) is 6.73. The quantitative estimate of drug-likeness (QED) is 0.693. The number of nitrogens with zero attached hydrogens (tertiary/aromatic N) is 2. The number of methoxy groups -OCH3 is 1. The lowest BCUT2D eigenvalue weighted by molar-refractivity contribution is 0.101. The lowest BCUT2D eigenvalue weighted by atomic mass is 10.1. The van der Waals surface area contributed by atoms with Crippen LogP contribution in [-0.4, -0.2) is 22.6 Å². The summed E-state index contributed by atoms with van der Waals surface area (Å²) in [6.45, 7) is 2.56. The van der Waals surface area contributed by atoms with Gasteiger partial charge in [0.05, 0.1) is 12.3 Å². The number of hydrogen-bond acceptors (Lipinski definition) is 4. The Morgan fingerprint density at radius 2 is 2.08 bits per heavy atom. The van der Waals surface area contributed by atoms with Crippen molar-refractivity contribution in [3.8, 4) is 0 Å². The minimum absolute atomic E-state index is 0.150. The van der Waals surface area contributed by atoms with Crippen LogP contribution >= 0.6 is 11.3 Å². The molecule has 0 saturated heterocycles. The van der Waals surface area contributed by atoms with Crippen molar-refractivity contribution >= 4 is 22.4 Å². The van der Waals surface area contributed by atoms with E-state index >= 15 is 0 Å². The molecule has 1 N–H and O–H groups in total. The fourth-order valence-corrected chi connectivity index (χ4v) is 3.45. The molecule has 1 atom stereocenters. The van der Waals surface area contributed by atoms with Crippen molar-refractivity contribution in [2.75, 3.05) is 12.4 Å². The van der Waals surface area contributed by atoms with Crippen molar-refractivity contribution in [1.82, 2.24) is 9.55 Å². The molecular weight excluding hydrogens is 334 g/mol. The lowest BCUT2D eigenvalue weighted by Crippen LogP contribution is -2.19. The summed E-state index contributed by atoms with van der Waals surface area (Å²) in [5, 5.41) is 5.34. The van der Waals surface area contributed by atoms with E-state index in [2.05, 4.69) is 29.4 Å². The zero-order valence-corrected chi connectivity index (χ0v) is 15.1. The van der Waals surface area contributed by atoms with Gasteiger partial charge in [-0.15, -0.1) is 11.3 Å². The van der Waals surface area contributed by atoms with Crippen molar-refractivity contribution < 1.29 is 9.53 Å². The molecule has 3 aromatic rings. The number of thiazole rings is 1. The summed E-state index contributed by atoms with van der Waals surface area (Å²) < 4.78 is 7.06. The Morgan fingerprint density at radius 3 is 2.84 bits per heavy atom. The number of ether oxygens (including phenoxy) is 1. The van der Waals surface area contributed by atoms with Gasteiger partial charge in [-0.2, -0.15) is 0 Å². The SMILES string of the molecule is COCc1csc(NC(=O)c2cccn2C(C)Cc2ccccc2)n1. The van der Waals surface area contributed by atoms with Crippen LogP contribution in [0, 0.1) is 0 Å². The standard InChI is InChI=1S/C19H21N3O2S/c1-14(11-15-7-4-3-5-8-15)22-10-6-9-17(22)18(23)21-19-20-16(12-24-2)13-25-19/h3-10,13-14H,11-12H2,1-2H3,(H,20,21,23). The van der Waals surface area contributed by atoms with Crippen molar-refractivity contribution in [3.05, 3.63) is 71.0 Å². The molecule has 0 aliphatic heterocycles. The van der Waals surface area contributed by atoms with Crippen molar-refractivity contribution in [3.63, 3.8) is 0 Å². The Balaban J connectivity index is 1.70. The van der Waals surface area contributed by atoms with Gasteiger partial charge in [-0.05, 0) is 31.0 Å². The van der Waals surface area contributed by atoms with Crippen molar-refractivity contribution in [2.24, 2.45) is 0 Å². The van der Waals surface area contributed by atoms with Crippen LogP contribution in [0.2, 0.25) is 0 Å². The second kappa shape index (κ2) is 8.09. The molecule has 0 bridgehead atoms. The minimum atomic E-state index is -0.150. The van der Waals surface area contributed by atoms with E-state index < -0.39 is 0 Å². The summed E-state index contributed by atoms with van der Waals surface area (Å²) in [6.07, 6.45) is 2.81. The fourth-order valence-electron chi connectivity index (χ4n) is 2.76. The number of nitrogens with one attached hydrogen (secondary N) is 1. The van der Waals surface area contributed by atoms with E-state index in [1.165, 1.54) is 16.9 Å². The van der Waals surface area contributed by atoms with Crippen LogP contribution < -0.4 is 5.32 Å². The first-order valence-electron chi connectivity index (χ1n) is 8.13. The Bertz CT molecular complexity index is 826. The molecule has 1 aromatic carbocycles. The number of carbonyl (C=O) groups is 1. The molecule has 0 spiro atoms. The summed E-state index contributed by atoms with van der Waals surface area (Å²) >= 11 is 1.40. The number of rotatable bonds is 7. The molecule has 3 rings (SSSR count). The smallest absolute Gasteiger partial charge is 0.274 e. The molecule has 0 fully saturated rings. The van der Waals surface area contributed by atoms with Crippen LogP contribution in [-0.2, 0) is 17.8 Å². The van der Waals surface area contributed by atoms with Crippen LogP contribution in [0.5, 0.6) is 0 Å². The van der Waals surface area contributed by atoms with Gasteiger partial charge in [0.25, 0.3) is 5.91 Å². The Kier molecular flexibility index (Phi) is 5.63. The lowest BCUT2D eigenvalue weighted by Gasteiger charge is -2.17. The molecule has 2 aromatic heterocycles. The van der Waals surface area contributed by atoms with Crippen molar-refractivity contribution in [1.29, 1.82) is 0 Å². The third kappa shape index (κ3) is 4.35. The first-order chi connectivity index (χ1) is 12.2. The summed E-state index contributed by atoms with van der Waals surface area (Å²) in [6, 6.07) is 14.2. The number of aromatic nitrogens is 2. The zero-order valence-electron chi connectivity index (χ0n) is 14.3. The minimum Gasteiger partial charge on any atom is -0.378 e. The molecule has 6 heteroatoms. The van der Waals surface area contributed by atoms with Gasteiger partial charge >= 0.3 is 0 Å². The van der Waals surface area contributed by atoms with Gasteiger partial charge in [-0.3, -0.25) is 10.1 Å². The number of benzene rings is 1. The van der Waals surface area contributed by atoms with Gasteiger partial charge in [0.15, 0.2) is 5.13 Å². The van der Waals surface area contributed by atoms with Gasteiger partial charge in [-0.1, -0.05) is 30.3 Å². The average molecular weight is 355 g/mol. The van der Waals surface area contributed by atoms with Crippen LogP contribution in [0.3, 0.4) is 0 Å². The average Bonchev–Trinajstić information content (AvgIpc) is 3.25. The van der Waals surface area contributed by atoms with Gasteiger partial charge < -0.3 is 9.30 Å². The summed E-state index contributed by atoms with van der Waals surface area (Å²) in [7, 11) is 1.62.